The maximum absolute atomic E-state index is 11.0. The van der Waals surface area contributed by atoms with Crippen LogP contribution in [0.15, 0.2) is 12.5 Å². The van der Waals surface area contributed by atoms with Crippen LogP contribution in [0.3, 0.4) is 0 Å². The number of carbonyl (C=O) groups is 1. The number of methoxy groups -OCH3 is 1. The monoisotopic (exact) mass is 255 g/mol. The summed E-state index contributed by atoms with van der Waals surface area (Å²) in [5.41, 5.74) is 0.496. The second-order valence-corrected chi connectivity index (χ2v) is 3.99. The number of aromatic nitrogens is 2. The number of nitrogens with zero attached hydrogens (tertiary/aromatic N) is 3. The third kappa shape index (κ3) is 4.36. The lowest BCUT2D eigenvalue weighted by Gasteiger charge is -2.20. The standard InChI is InChI=1S/C11H17N3O4/c1-14(4-8(15)6-18-2)5-10-9(11(16)17)3-12-7-13-10/h3,7-8,15H,4-6H2,1-2H3,(H,16,17). The molecule has 0 radical (unpaired) electrons. The van der Waals surface area contributed by atoms with E-state index < -0.39 is 12.1 Å². The Labute approximate surface area is 105 Å². The molecule has 1 rings (SSSR count). The molecule has 7 nitrogen and oxygen atoms in total. The Morgan fingerprint density at radius 1 is 1.61 bits per heavy atom. The first-order valence-electron chi connectivity index (χ1n) is 5.42. The van der Waals surface area contributed by atoms with E-state index in [9.17, 15) is 9.90 Å². The predicted molar refractivity (Wildman–Crippen MR) is 63.2 cm³/mol. The fourth-order valence-electron chi connectivity index (χ4n) is 1.58. The van der Waals surface area contributed by atoms with E-state index in [2.05, 4.69) is 9.97 Å². The topological polar surface area (TPSA) is 95.8 Å². The Morgan fingerprint density at radius 3 is 2.94 bits per heavy atom. The lowest BCUT2D eigenvalue weighted by atomic mass is 10.2. The molecule has 0 aliphatic carbocycles. The van der Waals surface area contributed by atoms with E-state index in [0.717, 1.165) is 0 Å². The van der Waals surface area contributed by atoms with Gasteiger partial charge in [-0.2, -0.15) is 0 Å². The molecular formula is C11H17N3O4. The molecule has 0 fully saturated rings. The molecule has 18 heavy (non-hydrogen) atoms. The van der Waals surface area contributed by atoms with Crippen molar-refractivity contribution in [3.8, 4) is 0 Å². The SMILES string of the molecule is COCC(O)CN(C)Cc1ncncc1C(=O)O. The highest BCUT2D eigenvalue weighted by Gasteiger charge is 2.14. The number of hydrogen-bond donors (Lipinski definition) is 2. The first-order valence-corrected chi connectivity index (χ1v) is 5.42. The van der Waals surface area contributed by atoms with Gasteiger partial charge in [0.15, 0.2) is 0 Å². The summed E-state index contributed by atoms with van der Waals surface area (Å²) in [5, 5.41) is 18.5. The molecule has 0 saturated heterocycles. The van der Waals surface area contributed by atoms with Crippen LogP contribution >= 0.6 is 0 Å². The fourth-order valence-corrected chi connectivity index (χ4v) is 1.58. The molecule has 0 aromatic carbocycles. The molecule has 100 valence electrons. The van der Waals surface area contributed by atoms with Gasteiger partial charge in [-0.25, -0.2) is 14.8 Å². The summed E-state index contributed by atoms with van der Waals surface area (Å²) in [4.78, 5) is 20.4. The zero-order chi connectivity index (χ0) is 13.5. The Kier molecular flexibility index (Phi) is 5.63. The van der Waals surface area contributed by atoms with Gasteiger partial charge in [-0.05, 0) is 7.05 Å². The van der Waals surface area contributed by atoms with E-state index in [1.54, 1.807) is 11.9 Å². The van der Waals surface area contributed by atoms with Crippen molar-refractivity contribution in [1.29, 1.82) is 0 Å². The highest BCUT2D eigenvalue weighted by atomic mass is 16.5. The van der Waals surface area contributed by atoms with Crippen LogP contribution in [0.1, 0.15) is 16.1 Å². The van der Waals surface area contributed by atoms with Gasteiger partial charge in [0.25, 0.3) is 0 Å². The summed E-state index contributed by atoms with van der Waals surface area (Å²) in [5.74, 6) is -1.06. The summed E-state index contributed by atoms with van der Waals surface area (Å²) in [7, 11) is 3.28. The number of aliphatic hydroxyl groups is 1. The van der Waals surface area contributed by atoms with E-state index >= 15 is 0 Å². The van der Waals surface area contributed by atoms with Gasteiger partial charge in [0.2, 0.25) is 0 Å². The molecular weight excluding hydrogens is 238 g/mol. The lowest BCUT2D eigenvalue weighted by Crippen LogP contribution is -2.32. The third-order valence-corrected chi connectivity index (χ3v) is 2.33. The summed E-state index contributed by atoms with van der Waals surface area (Å²) < 4.78 is 4.82. The normalized spacial score (nSPS) is 12.7. The fraction of sp³-hybridized carbons (Fsp3) is 0.545. The highest BCUT2D eigenvalue weighted by Crippen LogP contribution is 2.07. The second-order valence-electron chi connectivity index (χ2n) is 3.99. The van der Waals surface area contributed by atoms with Crippen molar-refractivity contribution in [2.75, 3.05) is 27.3 Å². The number of aliphatic hydroxyl groups excluding tert-OH is 1. The van der Waals surface area contributed by atoms with Gasteiger partial charge in [-0.15, -0.1) is 0 Å². The number of likely N-dealkylation sites (N-methyl/N-ethyl adjacent to an activating group) is 1. The first-order chi connectivity index (χ1) is 8.54. The average molecular weight is 255 g/mol. The Bertz CT molecular complexity index is 400. The lowest BCUT2D eigenvalue weighted by molar-refractivity contribution is 0.0415. The highest BCUT2D eigenvalue weighted by molar-refractivity contribution is 5.88. The van der Waals surface area contributed by atoms with Crippen molar-refractivity contribution in [2.45, 2.75) is 12.6 Å². The summed E-state index contributed by atoms with van der Waals surface area (Å²) >= 11 is 0. The van der Waals surface area contributed by atoms with E-state index in [4.69, 9.17) is 9.84 Å². The summed E-state index contributed by atoms with van der Waals surface area (Å²) in [6.45, 7) is 0.932. The second kappa shape index (κ2) is 7.00. The Morgan fingerprint density at radius 2 is 2.33 bits per heavy atom. The smallest absolute Gasteiger partial charge is 0.339 e. The minimum atomic E-state index is -1.06. The third-order valence-electron chi connectivity index (χ3n) is 2.33. The molecule has 0 aliphatic heterocycles. The number of ether oxygens (including phenoxy) is 1. The van der Waals surface area contributed by atoms with Crippen LogP contribution < -0.4 is 0 Å². The zero-order valence-corrected chi connectivity index (χ0v) is 10.4. The zero-order valence-electron chi connectivity index (χ0n) is 10.4. The summed E-state index contributed by atoms with van der Waals surface area (Å²) in [6.07, 6.45) is 1.96. The van der Waals surface area contributed by atoms with Crippen LogP contribution in [-0.4, -0.2) is 64.5 Å². The molecule has 0 bridgehead atoms. The molecule has 1 aromatic heterocycles. The Hall–Kier alpha value is -1.57. The van der Waals surface area contributed by atoms with E-state index in [-0.39, 0.29) is 12.2 Å². The van der Waals surface area contributed by atoms with Crippen LogP contribution in [0.25, 0.3) is 0 Å². The van der Waals surface area contributed by atoms with Gasteiger partial charge >= 0.3 is 5.97 Å². The molecule has 1 unspecified atom stereocenters. The minimum Gasteiger partial charge on any atom is -0.478 e. The predicted octanol–water partition coefficient (Wildman–Crippen LogP) is -0.386. The largest absolute Gasteiger partial charge is 0.478 e. The van der Waals surface area contributed by atoms with Gasteiger partial charge < -0.3 is 14.9 Å². The van der Waals surface area contributed by atoms with Crippen LogP contribution in [-0.2, 0) is 11.3 Å². The van der Waals surface area contributed by atoms with E-state index in [0.29, 0.717) is 18.8 Å². The van der Waals surface area contributed by atoms with E-state index in [1.807, 2.05) is 0 Å². The molecule has 0 amide bonds. The van der Waals surface area contributed by atoms with Crippen LogP contribution in [0, 0.1) is 0 Å². The van der Waals surface area contributed by atoms with Crippen LogP contribution in [0.4, 0.5) is 0 Å². The number of carboxylic acids is 1. The Balaban J connectivity index is 2.64. The van der Waals surface area contributed by atoms with Gasteiger partial charge in [0.05, 0.1) is 18.4 Å². The van der Waals surface area contributed by atoms with Gasteiger partial charge in [0.1, 0.15) is 11.9 Å². The molecule has 1 aromatic rings. The van der Waals surface area contributed by atoms with Crippen molar-refractivity contribution in [1.82, 2.24) is 14.9 Å². The molecule has 0 spiro atoms. The first kappa shape index (κ1) is 14.5. The number of aromatic carboxylic acids is 1. The van der Waals surface area contributed by atoms with Crippen molar-refractivity contribution < 1.29 is 19.7 Å². The molecule has 2 N–H and O–H groups in total. The van der Waals surface area contributed by atoms with Crippen molar-refractivity contribution in [2.24, 2.45) is 0 Å². The van der Waals surface area contributed by atoms with Gasteiger partial charge in [-0.1, -0.05) is 0 Å². The molecule has 0 saturated carbocycles. The average Bonchev–Trinajstić information content (AvgIpc) is 2.29. The number of hydrogen-bond acceptors (Lipinski definition) is 6. The van der Waals surface area contributed by atoms with E-state index in [1.165, 1.54) is 19.6 Å². The summed E-state index contributed by atoms with van der Waals surface area (Å²) in [6, 6.07) is 0. The molecule has 7 heteroatoms. The number of rotatable bonds is 7. The minimum absolute atomic E-state index is 0.0746. The van der Waals surface area contributed by atoms with Gasteiger partial charge in [-0.3, -0.25) is 4.90 Å². The van der Waals surface area contributed by atoms with Gasteiger partial charge in [0, 0.05) is 26.4 Å². The molecule has 1 heterocycles. The number of carboxylic acid groups (broad SMARTS) is 1. The molecule has 0 aliphatic rings. The van der Waals surface area contributed by atoms with Crippen molar-refractivity contribution >= 4 is 5.97 Å². The van der Waals surface area contributed by atoms with Crippen molar-refractivity contribution in [3.05, 3.63) is 23.8 Å². The maximum atomic E-state index is 11.0. The molecule has 1 atom stereocenters. The quantitative estimate of drug-likeness (QED) is 0.685. The maximum Gasteiger partial charge on any atom is 0.339 e. The van der Waals surface area contributed by atoms with Crippen LogP contribution in [0.2, 0.25) is 0 Å². The van der Waals surface area contributed by atoms with Crippen LogP contribution in [0.5, 0.6) is 0 Å². The van der Waals surface area contributed by atoms with Crippen molar-refractivity contribution in [3.63, 3.8) is 0 Å².